The third-order valence-corrected chi connectivity index (χ3v) is 4.15. The van der Waals surface area contributed by atoms with Crippen molar-refractivity contribution >= 4 is 5.91 Å². The van der Waals surface area contributed by atoms with Gasteiger partial charge >= 0.3 is 0 Å². The molecule has 0 saturated carbocycles. The van der Waals surface area contributed by atoms with Gasteiger partial charge in [-0.2, -0.15) is 0 Å². The molecule has 0 spiro atoms. The van der Waals surface area contributed by atoms with E-state index in [9.17, 15) is 4.79 Å². The van der Waals surface area contributed by atoms with Gasteiger partial charge in [-0.15, -0.1) is 0 Å². The number of rotatable bonds is 4. The summed E-state index contributed by atoms with van der Waals surface area (Å²) in [7, 11) is 0. The van der Waals surface area contributed by atoms with Crippen LogP contribution in [0.25, 0.3) is 0 Å². The average molecular weight is 277 g/mol. The second kappa shape index (κ2) is 6.00. The predicted molar refractivity (Wildman–Crippen MR) is 81.6 cm³/mol. The van der Waals surface area contributed by atoms with Crippen molar-refractivity contribution in [3.05, 3.63) is 23.0 Å². The van der Waals surface area contributed by atoms with Gasteiger partial charge < -0.3 is 15.6 Å². The molecule has 0 fully saturated rings. The standard InChI is InChI=1S/C16H27N3O/c1-10(2)9-18-16(20)12(4)19-11(3)8-13-14(17)6-5-7-15(13)19/h8,10,12,14H,5-7,9,17H2,1-4H3,(H,18,20). The lowest BCUT2D eigenvalue weighted by molar-refractivity contribution is -0.124. The molecule has 112 valence electrons. The molecule has 4 heteroatoms. The maximum atomic E-state index is 12.3. The maximum absolute atomic E-state index is 12.3. The van der Waals surface area contributed by atoms with Crippen molar-refractivity contribution in [3.8, 4) is 0 Å². The summed E-state index contributed by atoms with van der Waals surface area (Å²) >= 11 is 0. The Labute approximate surface area is 121 Å². The predicted octanol–water partition coefficient (Wildman–Crippen LogP) is 2.47. The summed E-state index contributed by atoms with van der Waals surface area (Å²) in [4.78, 5) is 12.3. The topological polar surface area (TPSA) is 60.0 Å². The molecule has 0 radical (unpaired) electrons. The molecule has 0 aromatic carbocycles. The molecule has 0 saturated heterocycles. The zero-order valence-corrected chi connectivity index (χ0v) is 13.1. The van der Waals surface area contributed by atoms with Crippen molar-refractivity contribution < 1.29 is 4.79 Å². The number of aryl methyl sites for hydroxylation is 1. The second-order valence-electron chi connectivity index (χ2n) is 6.37. The van der Waals surface area contributed by atoms with Gasteiger partial charge in [-0.3, -0.25) is 4.79 Å². The fourth-order valence-corrected chi connectivity index (χ4v) is 3.07. The van der Waals surface area contributed by atoms with Gasteiger partial charge in [0.15, 0.2) is 0 Å². The third kappa shape index (κ3) is 2.90. The number of nitrogens with zero attached hydrogens (tertiary/aromatic N) is 1. The van der Waals surface area contributed by atoms with Crippen LogP contribution in [0.15, 0.2) is 6.07 Å². The first kappa shape index (κ1) is 15.1. The largest absolute Gasteiger partial charge is 0.354 e. The number of hydrogen-bond donors (Lipinski definition) is 2. The summed E-state index contributed by atoms with van der Waals surface area (Å²) in [6, 6.07) is 2.12. The van der Waals surface area contributed by atoms with Gasteiger partial charge in [0, 0.05) is 24.0 Å². The van der Waals surface area contributed by atoms with Crippen LogP contribution in [-0.2, 0) is 11.2 Å². The van der Waals surface area contributed by atoms with Gasteiger partial charge in [0.25, 0.3) is 0 Å². The highest BCUT2D eigenvalue weighted by molar-refractivity contribution is 5.80. The van der Waals surface area contributed by atoms with Crippen LogP contribution in [-0.4, -0.2) is 17.0 Å². The van der Waals surface area contributed by atoms with Crippen molar-refractivity contribution in [1.82, 2.24) is 9.88 Å². The van der Waals surface area contributed by atoms with Gasteiger partial charge in [-0.05, 0) is 50.7 Å². The molecule has 2 unspecified atom stereocenters. The van der Waals surface area contributed by atoms with Crippen LogP contribution in [0.2, 0.25) is 0 Å². The third-order valence-electron chi connectivity index (χ3n) is 4.15. The molecule has 1 aliphatic rings. The first-order valence-electron chi connectivity index (χ1n) is 7.65. The summed E-state index contributed by atoms with van der Waals surface area (Å²) in [6.45, 7) is 8.98. The zero-order chi connectivity index (χ0) is 14.9. The summed E-state index contributed by atoms with van der Waals surface area (Å²) in [6.07, 6.45) is 3.18. The molecular weight excluding hydrogens is 250 g/mol. The molecule has 1 aromatic rings. The first-order chi connectivity index (χ1) is 9.41. The van der Waals surface area contributed by atoms with E-state index in [0.717, 1.165) is 31.5 Å². The van der Waals surface area contributed by atoms with Crippen molar-refractivity contribution in [2.24, 2.45) is 11.7 Å². The Bertz CT molecular complexity index is 490. The van der Waals surface area contributed by atoms with E-state index in [1.54, 1.807) is 0 Å². The van der Waals surface area contributed by atoms with E-state index < -0.39 is 0 Å². The lowest BCUT2D eigenvalue weighted by atomic mass is 9.93. The van der Waals surface area contributed by atoms with Crippen molar-refractivity contribution in [3.63, 3.8) is 0 Å². The fraction of sp³-hybridized carbons (Fsp3) is 0.688. The van der Waals surface area contributed by atoms with Crippen molar-refractivity contribution in [1.29, 1.82) is 0 Å². The van der Waals surface area contributed by atoms with Crippen LogP contribution in [0.3, 0.4) is 0 Å². The summed E-state index contributed by atoms with van der Waals surface area (Å²) in [5.74, 6) is 0.568. The van der Waals surface area contributed by atoms with E-state index in [1.165, 1.54) is 11.3 Å². The molecule has 4 nitrogen and oxygen atoms in total. The monoisotopic (exact) mass is 277 g/mol. The van der Waals surface area contributed by atoms with E-state index in [0.29, 0.717) is 5.92 Å². The minimum atomic E-state index is -0.164. The molecule has 1 amide bonds. The quantitative estimate of drug-likeness (QED) is 0.888. The zero-order valence-electron chi connectivity index (χ0n) is 13.1. The minimum Gasteiger partial charge on any atom is -0.354 e. The molecular formula is C16H27N3O. The highest BCUT2D eigenvalue weighted by Crippen LogP contribution is 2.32. The number of amides is 1. The summed E-state index contributed by atoms with van der Waals surface area (Å²) < 4.78 is 2.17. The van der Waals surface area contributed by atoms with Crippen LogP contribution >= 0.6 is 0 Å². The van der Waals surface area contributed by atoms with E-state index >= 15 is 0 Å². The number of carbonyl (C=O) groups is 1. The highest BCUT2D eigenvalue weighted by Gasteiger charge is 2.26. The highest BCUT2D eigenvalue weighted by atomic mass is 16.2. The fourth-order valence-electron chi connectivity index (χ4n) is 3.07. The Kier molecular flexibility index (Phi) is 4.53. The SMILES string of the molecule is Cc1cc2c(n1C(C)C(=O)NCC(C)C)CCCC2N. The smallest absolute Gasteiger partial charge is 0.242 e. The van der Waals surface area contributed by atoms with E-state index in [1.807, 2.05) is 6.92 Å². The Morgan fingerprint density at radius 2 is 2.20 bits per heavy atom. The van der Waals surface area contributed by atoms with Crippen LogP contribution in [0.1, 0.15) is 62.6 Å². The van der Waals surface area contributed by atoms with Crippen LogP contribution in [0.5, 0.6) is 0 Å². The molecule has 1 heterocycles. The molecule has 3 N–H and O–H groups in total. The molecule has 0 aliphatic heterocycles. The molecule has 2 rings (SSSR count). The number of nitrogens with one attached hydrogen (secondary N) is 1. The minimum absolute atomic E-state index is 0.0966. The molecule has 1 aromatic heterocycles. The van der Waals surface area contributed by atoms with Gasteiger partial charge in [0.05, 0.1) is 0 Å². The number of aromatic nitrogens is 1. The maximum Gasteiger partial charge on any atom is 0.242 e. The van der Waals surface area contributed by atoms with E-state index in [2.05, 4.69) is 36.7 Å². The van der Waals surface area contributed by atoms with E-state index in [-0.39, 0.29) is 18.0 Å². The second-order valence-corrected chi connectivity index (χ2v) is 6.37. The molecule has 20 heavy (non-hydrogen) atoms. The number of fused-ring (bicyclic) bond motifs is 1. The van der Waals surface area contributed by atoms with Crippen molar-refractivity contribution in [2.75, 3.05) is 6.54 Å². The average Bonchev–Trinajstić information content (AvgIpc) is 2.73. The number of hydrogen-bond acceptors (Lipinski definition) is 2. The van der Waals surface area contributed by atoms with Gasteiger partial charge in [0.1, 0.15) is 6.04 Å². The van der Waals surface area contributed by atoms with Crippen LogP contribution in [0.4, 0.5) is 0 Å². The summed E-state index contributed by atoms with van der Waals surface area (Å²) in [5, 5.41) is 3.02. The van der Waals surface area contributed by atoms with Gasteiger partial charge in [-0.25, -0.2) is 0 Å². The van der Waals surface area contributed by atoms with Gasteiger partial charge in [-0.1, -0.05) is 13.8 Å². The first-order valence-corrected chi connectivity index (χ1v) is 7.65. The Morgan fingerprint density at radius 3 is 2.85 bits per heavy atom. The molecule has 1 aliphatic carbocycles. The normalized spacial score (nSPS) is 19.8. The Morgan fingerprint density at radius 1 is 1.50 bits per heavy atom. The van der Waals surface area contributed by atoms with Crippen molar-refractivity contribution in [2.45, 2.75) is 59.0 Å². The number of carbonyl (C=O) groups excluding carboxylic acids is 1. The van der Waals surface area contributed by atoms with Crippen LogP contribution < -0.4 is 11.1 Å². The Hall–Kier alpha value is -1.29. The van der Waals surface area contributed by atoms with E-state index in [4.69, 9.17) is 5.73 Å². The summed E-state index contributed by atoms with van der Waals surface area (Å²) in [5.41, 5.74) is 9.82. The van der Waals surface area contributed by atoms with Crippen LogP contribution in [0, 0.1) is 12.8 Å². The molecule has 2 atom stereocenters. The lowest BCUT2D eigenvalue weighted by Crippen LogP contribution is -2.34. The molecule has 0 bridgehead atoms. The number of nitrogens with two attached hydrogens (primary N) is 1. The lowest BCUT2D eigenvalue weighted by Gasteiger charge is -2.24. The van der Waals surface area contributed by atoms with Gasteiger partial charge in [0.2, 0.25) is 5.91 Å². The Balaban J connectivity index is 2.22.